The molecule has 2 N–H and O–H groups in total. The number of carbonyl (C=O) groups is 2. The summed E-state index contributed by atoms with van der Waals surface area (Å²) in [6, 6.07) is 16.6. The van der Waals surface area contributed by atoms with Crippen LogP contribution in [0, 0.1) is 11.3 Å². The first kappa shape index (κ1) is 33.5. The number of aliphatic hydroxyl groups is 1. The molecule has 0 aliphatic carbocycles. The predicted molar refractivity (Wildman–Crippen MR) is 162 cm³/mol. The lowest BCUT2D eigenvalue weighted by Gasteiger charge is -2.50. The predicted octanol–water partition coefficient (Wildman–Crippen LogP) is 5.62. The van der Waals surface area contributed by atoms with Crippen molar-refractivity contribution in [3.05, 3.63) is 82.9 Å². The van der Waals surface area contributed by atoms with Gasteiger partial charge < -0.3 is 29.4 Å². The molecule has 1 fully saturated rings. The number of ether oxygens (including phenoxy) is 4. The first-order valence-electron chi connectivity index (χ1n) is 14.7. The summed E-state index contributed by atoms with van der Waals surface area (Å²) < 4.78 is 23.7. The van der Waals surface area contributed by atoms with Gasteiger partial charge in [-0.3, -0.25) is 4.79 Å². The summed E-state index contributed by atoms with van der Waals surface area (Å²) in [7, 11) is 1.63. The van der Waals surface area contributed by atoms with Crippen LogP contribution in [0.4, 0.5) is 0 Å². The third-order valence-electron chi connectivity index (χ3n) is 8.55. The smallest absolute Gasteiger partial charge is 0.338 e. The van der Waals surface area contributed by atoms with E-state index in [0.29, 0.717) is 17.7 Å². The monoisotopic (exact) mass is 581 g/mol. The molecule has 230 valence electrons. The van der Waals surface area contributed by atoms with Crippen LogP contribution in [0.15, 0.2) is 71.8 Å². The van der Waals surface area contributed by atoms with E-state index in [1.807, 2.05) is 26.0 Å². The van der Waals surface area contributed by atoms with E-state index in [1.165, 1.54) is 0 Å². The zero-order chi connectivity index (χ0) is 31.0. The number of aliphatic hydroxyl groups excluding tert-OH is 1. The maximum atomic E-state index is 13.3. The van der Waals surface area contributed by atoms with Crippen LogP contribution in [-0.2, 0) is 23.7 Å². The minimum absolute atomic E-state index is 0.00151. The van der Waals surface area contributed by atoms with Crippen molar-refractivity contribution in [2.24, 2.45) is 11.3 Å². The normalized spacial score (nSPS) is 23.6. The van der Waals surface area contributed by atoms with E-state index in [9.17, 15) is 14.7 Å². The third-order valence-corrected chi connectivity index (χ3v) is 8.55. The van der Waals surface area contributed by atoms with E-state index in [4.69, 9.17) is 18.9 Å². The highest BCUT2D eigenvalue weighted by Crippen LogP contribution is 2.43. The van der Waals surface area contributed by atoms with Crippen molar-refractivity contribution in [1.82, 2.24) is 5.32 Å². The average molecular weight is 582 g/mol. The standard InChI is InChI=1S/C34H47NO7/c1-9-27-34(6,7)31(42-28(41-27)20-39-8)23(4)21(2)22(3)24(5)40-33(38)30(36)29(25-16-12-10-13-17-25)35-32(37)26-18-14-11-15-19-26/h10-19,23-24,27-31,36H,9,20H2,1-8H3,(H,35,37)/b22-21+/t23-,24-,27-,28?,29-,30+,31-/m0/s1. The molecule has 0 aromatic heterocycles. The maximum Gasteiger partial charge on any atom is 0.338 e. The first-order chi connectivity index (χ1) is 19.9. The highest BCUT2D eigenvalue weighted by Gasteiger charge is 2.47. The Labute approximate surface area is 250 Å². The van der Waals surface area contributed by atoms with Crippen LogP contribution in [0.3, 0.4) is 0 Å². The van der Waals surface area contributed by atoms with Crippen LogP contribution < -0.4 is 5.32 Å². The number of esters is 1. The Hall–Kier alpha value is -3.04. The molecular weight excluding hydrogens is 534 g/mol. The van der Waals surface area contributed by atoms with E-state index in [-0.39, 0.29) is 23.5 Å². The maximum absolute atomic E-state index is 13.3. The van der Waals surface area contributed by atoms with Gasteiger partial charge in [-0.2, -0.15) is 0 Å². The van der Waals surface area contributed by atoms with Gasteiger partial charge in [0.15, 0.2) is 12.4 Å². The largest absolute Gasteiger partial charge is 0.456 e. The molecule has 2 aromatic carbocycles. The van der Waals surface area contributed by atoms with Crippen LogP contribution in [0.1, 0.15) is 76.9 Å². The van der Waals surface area contributed by atoms with E-state index < -0.39 is 36.4 Å². The van der Waals surface area contributed by atoms with Crippen LogP contribution >= 0.6 is 0 Å². The Balaban J connectivity index is 1.78. The van der Waals surface area contributed by atoms with Crippen molar-refractivity contribution in [2.75, 3.05) is 13.7 Å². The van der Waals surface area contributed by atoms with Gasteiger partial charge in [0.25, 0.3) is 5.91 Å². The fourth-order valence-electron chi connectivity index (χ4n) is 5.71. The molecule has 1 unspecified atom stereocenters. The summed E-state index contributed by atoms with van der Waals surface area (Å²) >= 11 is 0. The Kier molecular flexibility index (Phi) is 11.9. The molecule has 2 aromatic rings. The summed E-state index contributed by atoms with van der Waals surface area (Å²) in [4.78, 5) is 26.2. The minimum Gasteiger partial charge on any atom is -0.456 e. The summed E-state index contributed by atoms with van der Waals surface area (Å²) in [5, 5.41) is 14.0. The fourth-order valence-corrected chi connectivity index (χ4v) is 5.71. The summed E-state index contributed by atoms with van der Waals surface area (Å²) in [5.74, 6) is -1.23. The number of rotatable bonds is 12. The van der Waals surface area contributed by atoms with Gasteiger partial charge >= 0.3 is 5.97 Å². The van der Waals surface area contributed by atoms with Gasteiger partial charge in [-0.05, 0) is 50.5 Å². The van der Waals surface area contributed by atoms with Crippen molar-refractivity contribution in [3.8, 4) is 0 Å². The zero-order valence-corrected chi connectivity index (χ0v) is 26.1. The molecule has 3 rings (SSSR count). The number of hydrogen-bond donors (Lipinski definition) is 2. The van der Waals surface area contributed by atoms with Gasteiger partial charge in [0, 0.05) is 24.0 Å². The molecule has 8 nitrogen and oxygen atoms in total. The fraction of sp³-hybridized carbons (Fsp3) is 0.529. The molecule has 42 heavy (non-hydrogen) atoms. The minimum atomic E-state index is -1.62. The van der Waals surface area contributed by atoms with Crippen molar-refractivity contribution in [1.29, 1.82) is 0 Å². The van der Waals surface area contributed by atoms with Crippen LogP contribution in [0.5, 0.6) is 0 Å². The molecule has 1 amide bonds. The summed E-state index contributed by atoms with van der Waals surface area (Å²) in [6.45, 7) is 14.6. The van der Waals surface area contributed by atoms with E-state index in [2.05, 4.69) is 33.0 Å². The molecule has 0 bridgehead atoms. The molecule has 8 heteroatoms. The molecule has 0 saturated carbocycles. The molecular formula is C34H47NO7. The lowest BCUT2D eigenvalue weighted by molar-refractivity contribution is -0.310. The van der Waals surface area contributed by atoms with Crippen molar-refractivity contribution in [2.45, 2.75) is 91.6 Å². The third kappa shape index (κ3) is 7.86. The Morgan fingerprint density at radius 1 is 0.976 bits per heavy atom. The van der Waals surface area contributed by atoms with Crippen LogP contribution in [-0.4, -0.2) is 61.4 Å². The lowest BCUT2D eigenvalue weighted by atomic mass is 9.71. The SMILES string of the molecule is CC[C@@H]1OC(COC)O[C@@H]([C@@H](C)/C(C)=C(\C)[C@H](C)OC(=O)[C@H](O)[C@@H](NC(=O)c2ccccc2)c2ccccc2)C1(C)C. The highest BCUT2D eigenvalue weighted by atomic mass is 16.7. The van der Waals surface area contributed by atoms with Gasteiger partial charge in [0.1, 0.15) is 6.10 Å². The Morgan fingerprint density at radius 2 is 1.57 bits per heavy atom. The number of nitrogens with one attached hydrogen (secondary N) is 1. The first-order valence-corrected chi connectivity index (χ1v) is 14.7. The molecule has 0 spiro atoms. The van der Waals surface area contributed by atoms with Gasteiger partial charge in [0.2, 0.25) is 0 Å². The van der Waals surface area contributed by atoms with Gasteiger partial charge in [-0.25, -0.2) is 4.79 Å². The molecule has 1 aliphatic rings. The van der Waals surface area contributed by atoms with Crippen molar-refractivity contribution >= 4 is 11.9 Å². The Morgan fingerprint density at radius 3 is 2.14 bits per heavy atom. The summed E-state index contributed by atoms with van der Waals surface area (Å²) in [6.07, 6.45) is -2.01. The van der Waals surface area contributed by atoms with Crippen molar-refractivity contribution < 1.29 is 33.6 Å². The van der Waals surface area contributed by atoms with Crippen molar-refractivity contribution in [3.63, 3.8) is 0 Å². The Bertz CT molecular complexity index is 1200. The second-order valence-corrected chi connectivity index (χ2v) is 11.7. The van der Waals surface area contributed by atoms with E-state index in [0.717, 1.165) is 17.6 Å². The van der Waals surface area contributed by atoms with Gasteiger partial charge in [-0.15, -0.1) is 0 Å². The second kappa shape index (κ2) is 14.9. The number of methoxy groups -OCH3 is 1. The van der Waals surface area contributed by atoms with E-state index in [1.54, 1.807) is 62.6 Å². The molecule has 1 aliphatic heterocycles. The second-order valence-electron chi connectivity index (χ2n) is 11.7. The van der Waals surface area contributed by atoms with Gasteiger partial charge in [0.05, 0.1) is 24.9 Å². The van der Waals surface area contributed by atoms with Gasteiger partial charge in [-0.1, -0.05) is 81.8 Å². The number of carbonyl (C=O) groups excluding carboxylic acids is 2. The van der Waals surface area contributed by atoms with Crippen LogP contribution in [0.25, 0.3) is 0 Å². The average Bonchev–Trinajstić information content (AvgIpc) is 2.99. The quantitative estimate of drug-likeness (QED) is 0.248. The number of amides is 1. The molecule has 0 radical (unpaired) electrons. The van der Waals surface area contributed by atoms with Crippen LogP contribution in [0.2, 0.25) is 0 Å². The number of hydrogen-bond acceptors (Lipinski definition) is 7. The topological polar surface area (TPSA) is 103 Å². The zero-order valence-electron chi connectivity index (χ0n) is 26.1. The molecule has 1 saturated heterocycles. The van der Waals surface area contributed by atoms with E-state index >= 15 is 0 Å². The highest BCUT2D eigenvalue weighted by molar-refractivity contribution is 5.94. The number of benzene rings is 2. The molecule has 1 heterocycles. The molecule has 7 atom stereocenters. The lowest BCUT2D eigenvalue weighted by Crippen LogP contribution is -2.55. The summed E-state index contributed by atoms with van der Waals surface area (Å²) in [5.41, 5.74) is 2.65.